The van der Waals surface area contributed by atoms with Crippen molar-refractivity contribution in [2.75, 3.05) is 0 Å². The molecule has 0 N–H and O–H groups in total. The number of fused-ring (bicyclic) bond motifs is 1. The Morgan fingerprint density at radius 3 is 2.21 bits per heavy atom. The Morgan fingerprint density at radius 2 is 1.45 bits per heavy atom. The molecule has 0 spiro atoms. The summed E-state index contributed by atoms with van der Waals surface area (Å²) in [6, 6.07) is 23.4. The molecule has 0 saturated heterocycles. The van der Waals surface area contributed by atoms with Gasteiger partial charge in [-0.3, -0.25) is 9.97 Å². The molecule has 5 aromatic rings. The molecule has 3 nitrogen and oxygen atoms in total. The van der Waals surface area contributed by atoms with Gasteiger partial charge in [0.1, 0.15) is 11.3 Å². The largest absolute Gasteiger partial charge is 0.456 e. The minimum absolute atomic E-state index is 0.0796. The van der Waals surface area contributed by atoms with Gasteiger partial charge in [-0.25, -0.2) is 0 Å². The summed E-state index contributed by atoms with van der Waals surface area (Å²) in [6.07, 6.45) is 3.72. The van der Waals surface area contributed by atoms with Gasteiger partial charge in [0.25, 0.3) is 0 Å². The summed E-state index contributed by atoms with van der Waals surface area (Å²) in [7, 11) is 0. The van der Waals surface area contributed by atoms with Crippen LogP contribution in [0.1, 0.15) is 37.6 Å². The second-order valence-corrected chi connectivity index (χ2v) is 9.75. The first kappa shape index (κ1) is 21.1. The predicted molar refractivity (Wildman–Crippen MR) is 136 cm³/mol. The lowest BCUT2D eigenvalue weighted by Crippen LogP contribution is -2.11. The van der Waals surface area contributed by atoms with Crippen LogP contribution < -0.4 is 0 Å². The van der Waals surface area contributed by atoms with Gasteiger partial charge in [-0.2, -0.15) is 0 Å². The molecule has 2 aromatic carbocycles. The molecule has 0 saturated carbocycles. The zero-order chi connectivity index (χ0) is 23.2. The van der Waals surface area contributed by atoms with Gasteiger partial charge >= 0.3 is 0 Å². The average Bonchev–Trinajstić information content (AvgIpc) is 3.19. The summed E-state index contributed by atoms with van der Waals surface area (Å²) in [5, 5.41) is 1.16. The van der Waals surface area contributed by atoms with Crippen molar-refractivity contribution in [3.8, 4) is 33.7 Å². The van der Waals surface area contributed by atoms with E-state index in [1.807, 2.05) is 31.5 Å². The topological polar surface area (TPSA) is 38.9 Å². The highest BCUT2D eigenvalue weighted by Gasteiger charge is 2.26. The van der Waals surface area contributed by atoms with Crippen molar-refractivity contribution in [3.63, 3.8) is 0 Å². The summed E-state index contributed by atoms with van der Waals surface area (Å²) in [5.74, 6) is 0.929. The van der Waals surface area contributed by atoms with Crippen molar-refractivity contribution < 1.29 is 4.42 Å². The molecule has 0 aliphatic rings. The van der Waals surface area contributed by atoms with Crippen LogP contribution in [-0.2, 0) is 5.41 Å². The van der Waals surface area contributed by atoms with E-state index in [2.05, 4.69) is 92.3 Å². The normalized spacial score (nSPS) is 11.8. The van der Waals surface area contributed by atoms with Crippen LogP contribution in [0.4, 0.5) is 0 Å². The molecular weight excluding hydrogens is 404 g/mol. The third kappa shape index (κ3) is 4.07. The molecule has 0 fully saturated rings. The monoisotopic (exact) mass is 432 g/mol. The number of aromatic nitrogens is 2. The summed E-state index contributed by atoms with van der Waals surface area (Å²) < 4.78 is 6.43. The molecule has 3 aromatic heterocycles. The van der Waals surface area contributed by atoms with E-state index in [1.54, 1.807) is 0 Å². The number of hydrogen-bond acceptors (Lipinski definition) is 3. The van der Waals surface area contributed by atoms with Gasteiger partial charge in [-0.15, -0.1) is 0 Å². The fourth-order valence-corrected chi connectivity index (χ4v) is 4.46. The maximum Gasteiger partial charge on any atom is 0.139 e. The van der Waals surface area contributed by atoms with E-state index in [9.17, 15) is 0 Å². The van der Waals surface area contributed by atoms with Crippen molar-refractivity contribution >= 4 is 11.0 Å². The third-order valence-corrected chi connectivity index (χ3v) is 6.00. The van der Waals surface area contributed by atoms with Gasteiger partial charge in [-0.1, -0.05) is 45.0 Å². The van der Waals surface area contributed by atoms with Gasteiger partial charge in [0.2, 0.25) is 0 Å². The van der Waals surface area contributed by atoms with Crippen molar-refractivity contribution in [3.05, 3.63) is 95.9 Å². The van der Waals surface area contributed by atoms with E-state index < -0.39 is 0 Å². The number of rotatable bonds is 3. The molecule has 0 atom stereocenters. The van der Waals surface area contributed by atoms with Gasteiger partial charge in [0.05, 0.1) is 5.69 Å². The van der Waals surface area contributed by atoms with E-state index in [1.165, 1.54) is 22.3 Å². The van der Waals surface area contributed by atoms with E-state index in [4.69, 9.17) is 4.42 Å². The highest BCUT2D eigenvalue weighted by molar-refractivity contribution is 5.92. The first-order valence-corrected chi connectivity index (χ1v) is 11.3. The molecule has 3 heterocycles. The summed E-state index contributed by atoms with van der Waals surface area (Å²) >= 11 is 0. The molecule has 0 unspecified atom stereocenters. The van der Waals surface area contributed by atoms with Crippen molar-refractivity contribution in [2.45, 2.75) is 40.0 Å². The predicted octanol–water partition coefficient (Wildman–Crippen LogP) is 8.14. The van der Waals surface area contributed by atoms with Crippen LogP contribution in [0, 0.1) is 13.8 Å². The molecule has 0 amide bonds. The van der Waals surface area contributed by atoms with Gasteiger partial charge in [0, 0.05) is 40.2 Å². The van der Waals surface area contributed by atoms with Gasteiger partial charge in [-0.05, 0) is 78.4 Å². The lowest BCUT2D eigenvalue weighted by atomic mass is 9.83. The maximum absolute atomic E-state index is 6.43. The molecule has 0 bridgehead atoms. The number of nitrogens with zero attached hydrogens (tertiary/aromatic N) is 2. The highest BCUT2D eigenvalue weighted by atomic mass is 16.3. The highest BCUT2D eigenvalue weighted by Crippen LogP contribution is 2.42. The van der Waals surface area contributed by atoms with Crippen LogP contribution in [0.5, 0.6) is 0 Å². The van der Waals surface area contributed by atoms with Crippen molar-refractivity contribution in [1.82, 2.24) is 9.97 Å². The fraction of sp³-hybridized carbons (Fsp3) is 0.200. The lowest BCUT2D eigenvalue weighted by molar-refractivity contribution is 0.568. The SMILES string of the molecule is Cc1ccnc(-c2cccc(-c3ccc4oc(-c5ccnc(C)c5)c(C(C)(C)C)c4c3)c2)c1. The quantitative estimate of drug-likeness (QED) is 0.289. The summed E-state index contributed by atoms with van der Waals surface area (Å²) in [6.45, 7) is 10.8. The molecule has 164 valence electrons. The number of hydrogen-bond donors (Lipinski definition) is 0. The Kier molecular flexibility index (Phi) is 5.13. The standard InChI is InChI=1S/C30H28N2O/c1-19-11-13-32-26(15-19)23-8-6-7-21(17-23)22-9-10-27-25(18-22)28(30(3,4)5)29(33-27)24-12-14-31-20(2)16-24/h6-18H,1-5H3. The smallest absolute Gasteiger partial charge is 0.139 e. The van der Waals surface area contributed by atoms with Crippen LogP contribution in [-0.4, -0.2) is 9.97 Å². The van der Waals surface area contributed by atoms with E-state index >= 15 is 0 Å². The fourth-order valence-electron chi connectivity index (χ4n) is 4.46. The van der Waals surface area contributed by atoms with Crippen LogP contribution in [0.3, 0.4) is 0 Å². The Bertz CT molecular complexity index is 1470. The molecule has 0 aliphatic carbocycles. The minimum atomic E-state index is -0.0796. The number of benzene rings is 2. The van der Waals surface area contributed by atoms with E-state index in [-0.39, 0.29) is 5.41 Å². The third-order valence-electron chi connectivity index (χ3n) is 6.00. The second-order valence-electron chi connectivity index (χ2n) is 9.75. The Morgan fingerprint density at radius 1 is 0.697 bits per heavy atom. The Hall–Kier alpha value is -3.72. The zero-order valence-electron chi connectivity index (χ0n) is 19.8. The van der Waals surface area contributed by atoms with E-state index in [0.717, 1.165) is 39.2 Å². The first-order valence-electron chi connectivity index (χ1n) is 11.3. The Balaban J connectivity index is 1.67. The molecule has 0 radical (unpaired) electrons. The van der Waals surface area contributed by atoms with Crippen LogP contribution in [0.15, 0.2) is 83.5 Å². The molecule has 5 rings (SSSR count). The molecule has 3 heteroatoms. The summed E-state index contributed by atoms with van der Waals surface area (Å²) in [5.41, 5.74) is 9.75. The number of aryl methyl sites for hydroxylation is 2. The van der Waals surface area contributed by atoms with Crippen molar-refractivity contribution in [1.29, 1.82) is 0 Å². The molecular formula is C30H28N2O. The van der Waals surface area contributed by atoms with Crippen LogP contribution in [0.25, 0.3) is 44.7 Å². The van der Waals surface area contributed by atoms with Gasteiger partial charge in [0.15, 0.2) is 0 Å². The number of pyridine rings is 2. The number of furan rings is 1. The average molecular weight is 433 g/mol. The zero-order valence-corrected chi connectivity index (χ0v) is 19.8. The minimum Gasteiger partial charge on any atom is -0.456 e. The second kappa shape index (κ2) is 8.00. The Labute approximate surface area is 195 Å². The maximum atomic E-state index is 6.43. The molecule has 33 heavy (non-hydrogen) atoms. The molecule has 0 aliphatic heterocycles. The van der Waals surface area contributed by atoms with Crippen LogP contribution in [0.2, 0.25) is 0 Å². The lowest BCUT2D eigenvalue weighted by Gasteiger charge is -2.19. The first-order chi connectivity index (χ1) is 15.8. The van der Waals surface area contributed by atoms with Gasteiger partial charge < -0.3 is 4.42 Å². The van der Waals surface area contributed by atoms with Crippen LogP contribution >= 0.6 is 0 Å². The van der Waals surface area contributed by atoms with Crippen molar-refractivity contribution in [2.24, 2.45) is 0 Å². The van der Waals surface area contributed by atoms with E-state index in [0.29, 0.717) is 0 Å². The summed E-state index contributed by atoms with van der Waals surface area (Å²) in [4.78, 5) is 8.92.